The molecule has 0 bridgehead atoms. The van der Waals surface area contributed by atoms with E-state index in [0.29, 0.717) is 11.1 Å². The monoisotopic (exact) mass is 211 g/mol. The summed E-state index contributed by atoms with van der Waals surface area (Å²) in [5.74, 6) is -0.858. The smallest absolute Gasteiger partial charge is 0.337 e. The fraction of sp³-hybridized carbons (Fsp3) is 0.200. The zero-order valence-corrected chi connectivity index (χ0v) is 8.65. The Morgan fingerprint density at radius 3 is 1.33 bits per heavy atom. The van der Waals surface area contributed by atoms with Crippen LogP contribution < -0.4 is 6.15 Å². The predicted octanol–water partition coefficient (Wildman–Crippen LogP) is 1.42. The van der Waals surface area contributed by atoms with Gasteiger partial charge in [-0.1, -0.05) is 0 Å². The van der Waals surface area contributed by atoms with E-state index in [1.54, 1.807) is 0 Å². The molecule has 82 valence electrons. The van der Waals surface area contributed by atoms with Crippen LogP contribution >= 0.6 is 0 Å². The van der Waals surface area contributed by atoms with Crippen molar-refractivity contribution in [1.82, 2.24) is 6.15 Å². The van der Waals surface area contributed by atoms with Crippen LogP contribution in [0.4, 0.5) is 0 Å². The molecule has 15 heavy (non-hydrogen) atoms. The van der Waals surface area contributed by atoms with E-state index in [1.165, 1.54) is 38.5 Å². The number of esters is 2. The summed E-state index contributed by atoms with van der Waals surface area (Å²) in [6.07, 6.45) is 0. The first-order valence-electron chi connectivity index (χ1n) is 3.95. The van der Waals surface area contributed by atoms with Crippen molar-refractivity contribution >= 4 is 11.9 Å². The molecule has 5 heteroatoms. The maximum absolute atomic E-state index is 11.0. The van der Waals surface area contributed by atoms with Crippen LogP contribution in [0.25, 0.3) is 0 Å². The minimum atomic E-state index is -0.429. The zero-order chi connectivity index (χ0) is 10.6. The van der Waals surface area contributed by atoms with Crippen molar-refractivity contribution in [3.8, 4) is 0 Å². The lowest BCUT2D eigenvalue weighted by molar-refractivity contribution is 0.0586. The van der Waals surface area contributed by atoms with Crippen molar-refractivity contribution in [2.45, 2.75) is 0 Å². The van der Waals surface area contributed by atoms with E-state index in [0.717, 1.165) is 0 Å². The molecule has 0 atom stereocenters. The largest absolute Gasteiger partial charge is 0.465 e. The van der Waals surface area contributed by atoms with Gasteiger partial charge < -0.3 is 15.6 Å². The molecule has 0 saturated carbocycles. The minimum Gasteiger partial charge on any atom is -0.465 e. The van der Waals surface area contributed by atoms with Gasteiger partial charge in [0.2, 0.25) is 0 Å². The Morgan fingerprint density at radius 1 is 0.867 bits per heavy atom. The summed E-state index contributed by atoms with van der Waals surface area (Å²) < 4.78 is 9.02. The van der Waals surface area contributed by atoms with Crippen LogP contribution in [0.15, 0.2) is 24.3 Å². The molecular formula is C10H13NO4. The van der Waals surface area contributed by atoms with Crippen molar-refractivity contribution in [2.75, 3.05) is 14.2 Å². The van der Waals surface area contributed by atoms with Crippen LogP contribution in [0.1, 0.15) is 20.7 Å². The molecule has 0 aromatic heterocycles. The van der Waals surface area contributed by atoms with E-state index in [2.05, 4.69) is 9.47 Å². The third-order valence-electron chi connectivity index (χ3n) is 1.73. The average molecular weight is 211 g/mol. The molecule has 0 aliphatic rings. The molecule has 0 fully saturated rings. The molecule has 0 saturated heterocycles. The molecule has 5 nitrogen and oxygen atoms in total. The molecule has 0 amide bonds. The molecule has 0 aliphatic carbocycles. The summed E-state index contributed by atoms with van der Waals surface area (Å²) in [5, 5.41) is 0. The van der Waals surface area contributed by atoms with Gasteiger partial charge in [0.05, 0.1) is 25.3 Å². The second kappa shape index (κ2) is 5.77. The first-order valence-corrected chi connectivity index (χ1v) is 3.95. The van der Waals surface area contributed by atoms with Gasteiger partial charge in [-0.2, -0.15) is 0 Å². The molecule has 0 unspecified atom stereocenters. The maximum Gasteiger partial charge on any atom is 0.337 e. The van der Waals surface area contributed by atoms with Crippen molar-refractivity contribution in [1.29, 1.82) is 0 Å². The molecule has 3 N–H and O–H groups in total. The molecule has 1 aromatic rings. The lowest BCUT2D eigenvalue weighted by atomic mass is 10.1. The average Bonchev–Trinajstić information content (AvgIpc) is 2.27. The third-order valence-corrected chi connectivity index (χ3v) is 1.73. The van der Waals surface area contributed by atoms with E-state index < -0.39 is 11.9 Å². The van der Waals surface area contributed by atoms with E-state index in [9.17, 15) is 9.59 Å². The van der Waals surface area contributed by atoms with E-state index >= 15 is 0 Å². The van der Waals surface area contributed by atoms with Crippen LogP contribution in [0, 0.1) is 0 Å². The number of hydrogen-bond donors (Lipinski definition) is 1. The number of rotatable bonds is 2. The van der Waals surface area contributed by atoms with Gasteiger partial charge in [0.15, 0.2) is 0 Å². The first kappa shape index (κ1) is 13.1. The van der Waals surface area contributed by atoms with Gasteiger partial charge in [-0.15, -0.1) is 0 Å². The standard InChI is InChI=1S/C10H10O4.H3N/c1-13-9(11)7-3-5-8(6-4-7)10(12)14-2;/h3-6H,1-2H3;1H3. The highest BCUT2D eigenvalue weighted by atomic mass is 16.5. The van der Waals surface area contributed by atoms with Gasteiger partial charge >= 0.3 is 11.9 Å². The topological polar surface area (TPSA) is 87.6 Å². The number of carbonyl (C=O) groups excluding carboxylic acids is 2. The highest BCUT2D eigenvalue weighted by molar-refractivity contribution is 5.93. The fourth-order valence-electron chi connectivity index (χ4n) is 0.978. The second-order valence-corrected chi connectivity index (χ2v) is 2.56. The molecule has 1 rings (SSSR count). The second-order valence-electron chi connectivity index (χ2n) is 2.56. The van der Waals surface area contributed by atoms with E-state index in [1.807, 2.05) is 0 Å². The molecule has 0 heterocycles. The van der Waals surface area contributed by atoms with Gasteiger partial charge in [0.1, 0.15) is 0 Å². The van der Waals surface area contributed by atoms with E-state index in [4.69, 9.17) is 0 Å². The Balaban J connectivity index is 0.00000196. The summed E-state index contributed by atoms with van der Waals surface area (Å²) in [7, 11) is 2.60. The zero-order valence-electron chi connectivity index (χ0n) is 8.65. The number of benzene rings is 1. The lowest BCUT2D eigenvalue weighted by Crippen LogP contribution is -2.04. The first-order chi connectivity index (χ1) is 6.69. The number of methoxy groups -OCH3 is 2. The van der Waals surface area contributed by atoms with Crippen LogP contribution in [-0.2, 0) is 9.47 Å². The highest BCUT2D eigenvalue weighted by Crippen LogP contribution is 2.06. The van der Waals surface area contributed by atoms with Gasteiger partial charge in [0, 0.05) is 0 Å². The molecule has 1 aromatic carbocycles. The van der Waals surface area contributed by atoms with Gasteiger partial charge in [-0.25, -0.2) is 9.59 Å². The molecular weight excluding hydrogens is 198 g/mol. The molecule has 0 aliphatic heterocycles. The lowest BCUT2D eigenvalue weighted by Gasteiger charge is -2.00. The van der Waals surface area contributed by atoms with Crippen molar-refractivity contribution in [3.63, 3.8) is 0 Å². The summed E-state index contributed by atoms with van der Waals surface area (Å²) in [4.78, 5) is 22.1. The van der Waals surface area contributed by atoms with Crippen LogP contribution in [-0.4, -0.2) is 26.2 Å². The Kier molecular flexibility index (Phi) is 5.04. The third kappa shape index (κ3) is 3.07. The quantitative estimate of drug-likeness (QED) is 0.747. The normalized spacial score (nSPS) is 8.67. The van der Waals surface area contributed by atoms with Gasteiger partial charge in [-0.3, -0.25) is 0 Å². The van der Waals surface area contributed by atoms with Crippen molar-refractivity contribution in [2.24, 2.45) is 0 Å². The van der Waals surface area contributed by atoms with Crippen LogP contribution in [0.5, 0.6) is 0 Å². The predicted molar refractivity (Wildman–Crippen MR) is 54.1 cm³/mol. The summed E-state index contributed by atoms with van der Waals surface area (Å²) >= 11 is 0. The minimum absolute atomic E-state index is 0. The van der Waals surface area contributed by atoms with Crippen molar-refractivity contribution in [3.05, 3.63) is 35.4 Å². The summed E-state index contributed by atoms with van der Waals surface area (Å²) in [6.45, 7) is 0. The molecule has 0 spiro atoms. The fourth-order valence-corrected chi connectivity index (χ4v) is 0.978. The van der Waals surface area contributed by atoms with Crippen LogP contribution in [0.3, 0.4) is 0 Å². The number of hydrogen-bond acceptors (Lipinski definition) is 5. The maximum atomic E-state index is 11.0. The van der Waals surface area contributed by atoms with Crippen molar-refractivity contribution < 1.29 is 19.1 Å². The summed E-state index contributed by atoms with van der Waals surface area (Å²) in [5.41, 5.74) is 0.806. The Hall–Kier alpha value is -1.88. The SMILES string of the molecule is COC(=O)c1ccc(C(=O)OC)cc1.N. The Labute approximate surface area is 87.6 Å². The Bertz CT molecular complexity index is 310. The Morgan fingerprint density at radius 2 is 1.13 bits per heavy atom. The summed E-state index contributed by atoms with van der Waals surface area (Å²) in [6, 6.07) is 6.05. The van der Waals surface area contributed by atoms with E-state index in [-0.39, 0.29) is 6.15 Å². The van der Waals surface area contributed by atoms with Gasteiger partial charge in [0.25, 0.3) is 0 Å². The number of ether oxygens (including phenoxy) is 2. The number of carbonyl (C=O) groups is 2. The highest BCUT2D eigenvalue weighted by Gasteiger charge is 2.08. The molecule has 0 radical (unpaired) electrons. The van der Waals surface area contributed by atoms with Crippen LogP contribution in [0.2, 0.25) is 0 Å². The van der Waals surface area contributed by atoms with Gasteiger partial charge in [-0.05, 0) is 24.3 Å².